The highest BCUT2D eigenvalue weighted by molar-refractivity contribution is 6.48. The lowest BCUT2D eigenvalue weighted by molar-refractivity contribution is -0.153. The maximum absolute atomic E-state index is 13.4. The van der Waals surface area contributed by atoms with E-state index in [0.717, 1.165) is 6.42 Å². The lowest BCUT2D eigenvalue weighted by Crippen LogP contribution is -2.44. The molecule has 1 aliphatic carbocycles. The number of nitrogens with one attached hydrogen (secondary N) is 1. The average molecular weight is 481 g/mol. The molecule has 0 bridgehead atoms. The summed E-state index contributed by atoms with van der Waals surface area (Å²) in [6, 6.07) is 13.5. The van der Waals surface area contributed by atoms with Crippen LogP contribution in [-0.2, 0) is 24.5 Å². The number of esters is 1. The molecule has 0 unspecified atom stereocenters. The molecule has 1 aliphatic rings. The monoisotopic (exact) mass is 480 g/mol. The Morgan fingerprint density at radius 3 is 2.23 bits per heavy atom. The topological polar surface area (TPSA) is 102 Å². The number of carbonyl (C=O) groups excluding carboxylic acids is 4. The van der Waals surface area contributed by atoms with Crippen molar-refractivity contribution in [3.63, 3.8) is 0 Å². The number of hydrogen-bond acceptors (Lipinski definition) is 6. The van der Waals surface area contributed by atoms with Crippen molar-refractivity contribution in [2.24, 2.45) is 0 Å². The summed E-state index contributed by atoms with van der Waals surface area (Å²) in [7, 11) is 1.51. The van der Waals surface area contributed by atoms with Crippen molar-refractivity contribution in [3.05, 3.63) is 59.7 Å². The van der Waals surface area contributed by atoms with Gasteiger partial charge in [-0.05, 0) is 70.4 Å². The minimum atomic E-state index is -0.871. The number of anilines is 2. The zero-order valence-corrected chi connectivity index (χ0v) is 20.8. The van der Waals surface area contributed by atoms with Crippen LogP contribution in [0.15, 0.2) is 48.5 Å². The summed E-state index contributed by atoms with van der Waals surface area (Å²) in [6.07, 6.45) is 1.24. The van der Waals surface area contributed by atoms with Gasteiger partial charge in [0, 0.05) is 12.7 Å². The molecule has 0 heterocycles. The van der Waals surface area contributed by atoms with Crippen LogP contribution >= 0.6 is 0 Å². The molecule has 8 heteroatoms. The van der Waals surface area contributed by atoms with E-state index in [4.69, 9.17) is 9.47 Å². The van der Waals surface area contributed by atoms with E-state index in [0.29, 0.717) is 24.1 Å². The van der Waals surface area contributed by atoms with Crippen molar-refractivity contribution in [2.75, 3.05) is 23.9 Å². The number of para-hydroxylation sites is 1. The summed E-state index contributed by atoms with van der Waals surface area (Å²) in [5, 5.41) is 2.58. The third-order valence-electron chi connectivity index (χ3n) is 5.97. The number of benzene rings is 2. The van der Waals surface area contributed by atoms with Gasteiger partial charge in [-0.25, -0.2) is 4.79 Å². The van der Waals surface area contributed by atoms with Crippen molar-refractivity contribution in [3.8, 4) is 0 Å². The Morgan fingerprint density at radius 2 is 1.69 bits per heavy atom. The quantitative estimate of drug-likeness (QED) is 0.345. The molecule has 0 aromatic heterocycles. The molecular formula is C27H32N2O6. The average Bonchev–Trinajstić information content (AvgIpc) is 2.77. The molecule has 0 aliphatic heterocycles. The van der Waals surface area contributed by atoms with E-state index >= 15 is 0 Å². The number of hydrogen-bond donors (Lipinski definition) is 1. The first-order valence-electron chi connectivity index (χ1n) is 11.7. The van der Waals surface area contributed by atoms with Crippen LogP contribution in [0.3, 0.4) is 0 Å². The van der Waals surface area contributed by atoms with E-state index in [1.165, 1.54) is 24.1 Å². The predicted octanol–water partition coefficient (Wildman–Crippen LogP) is 4.86. The summed E-state index contributed by atoms with van der Waals surface area (Å²) in [5.74, 6) is -1.95. The third-order valence-corrected chi connectivity index (χ3v) is 5.97. The number of nitrogens with zero attached hydrogens (tertiary/aromatic N) is 1. The van der Waals surface area contributed by atoms with Crippen LogP contribution in [0.1, 0.15) is 62.9 Å². The number of Topliss-reactive ketones (excluding diaryl/α,β-unsaturated/α-hetero) is 1. The molecule has 2 amide bonds. The Morgan fingerprint density at radius 1 is 1.03 bits per heavy atom. The van der Waals surface area contributed by atoms with Crippen molar-refractivity contribution >= 4 is 35.1 Å². The highest BCUT2D eigenvalue weighted by Gasteiger charge is 2.47. The molecular weight excluding hydrogens is 448 g/mol. The Hall–Kier alpha value is -3.68. The molecule has 1 N–H and O–H groups in total. The first-order chi connectivity index (χ1) is 16.5. The summed E-state index contributed by atoms with van der Waals surface area (Å²) < 4.78 is 10.6. The van der Waals surface area contributed by atoms with E-state index in [1.807, 2.05) is 6.07 Å². The lowest BCUT2D eigenvalue weighted by atomic mass is 9.64. The molecule has 2 aromatic carbocycles. The van der Waals surface area contributed by atoms with Gasteiger partial charge in [0.1, 0.15) is 5.60 Å². The smallest absolute Gasteiger partial charge is 0.412 e. The van der Waals surface area contributed by atoms with Gasteiger partial charge in [0.2, 0.25) is 0 Å². The molecule has 1 saturated carbocycles. The molecule has 8 nitrogen and oxygen atoms in total. The van der Waals surface area contributed by atoms with E-state index in [2.05, 4.69) is 5.32 Å². The van der Waals surface area contributed by atoms with Gasteiger partial charge in [0.05, 0.1) is 23.3 Å². The van der Waals surface area contributed by atoms with E-state index in [9.17, 15) is 19.2 Å². The SMILES string of the molecule is CCOC(=O)C1(c2ccc(NC(=O)OC(C)(C)C)c(C(=O)C(=O)N(C)c3ccccc3)c2)CCC1. The second-order valence-corrected chi connectivity index (χ2v) is 9.57. The van der Waals surface area contributed by atoms with Crippen LogP contribution in [0.2, 0.25) is 0 Å². The summed E-state index contributed by atoms with van der Waals surface area (Å²) in [5.41, 5.74) is -0.389. The van der Waals surface area contributed by atoms with Gasteiger partial charge >= 0.3 is 12.1 Å². The first-order valence-corrected chi connectivity index (χ1v) is 11.7. The maximum Gasteiger partial charge on any atom is 0.412 e. The van der Waals surface area contributed by atoms with Crippen LogP contribution in [0.25, 0.3) is 0 Å². The highest BCUT2D eigenvalue weighted by Crippen LogP contribution is 2.45. The number of ether oxygens (including phenoxy) is 2. The van der Waals surface area contributed by atoms with Gasteiger partial charge in [-0.2, -0.15) is 0 Å². The van der Waals surface area contributed by atoms with Gasteiger partial charge in [-0.15, -0.1) is 0 Å². The Balaban J connectivity index is 2.01. The van der Waals surface area contributed by atoms with Crippen LogP contribution < -0.4 is 10.2 Å². The maximum atomic E-state index is 13.4. The summed E-state index contributed by atoms with van der Waals surface area (Å²) in [4.78, 5) is 53.1. The van der Waals surface area contributed by atoms with Gasteiger partial charge in [0.15, 0.2) is 0 Å². The highest BCUT2D eigenvalue weighted by atomic mass is 16.6. The fraction of sp³-hybridized carbons (Fsp3) is 0.407. The van der Waals surface area contributed by atoms with Crippen LogP contribution in [0, 0.1) is 0 Å². The Kier molecular flexibility index (Phi) is 7.63. The molecule has 0 radical (unpaired) electrons. The number of likely N-dealkylation sites (N-methyl/N-ethyl adjacent to an activating group) is 1. The largest absolute Gasteiger partial charge is 0.465 e. The van der Waals surface area contributed by atoms with Crippen LogP contribution in [0.5, 0.6) is 0 Å². The molecule has 0 spiro atoms. The molecule has 0 atom stereocenters. The number of rotatable bonds is 7. The van der Waals surface area contributed by atoms with Crippen LogP contribution in [-0.4, -0.2) is 43.0 Å². The van der Waals surface area contributed by atoms with Gasteiger partial charge < -0.3 is 14.4 Å². The lowest BCUT2D eigenvalue weighted by Gasteiger charge is -2.40. The summed E-state index contributed by atoms with van der Waals surface area (Å²) in [6.45, 7) is 7.15. The zero-order chi connectivity index (χ0) is 25.8. The molecule has 0 saturated heterocycles. The van der Waals surface area contributed by atoms with Crippen molar-refractivity contribution in [1.82, 2.24) is 0 Å². The second kappa shape index (κ2) is 10.3. The summed E-state index contributed by atoms with van der Waals surface area (Å²) >= 11 is 0. The van der Waals surface area contributed by atoms with Gasteiger partial charge in [-0.1, -0.05) is 30.7 Å². The first kappa shape index (κ1) is 25.9. The van der Waals surface area contributed by atoms with E-state index in [-0.39, 0.29) is 23.8 Å². The minimum absolute atomic E-state index is 0.0169. The molecule has 1 fully saturated rings. The molecule has 3 rings (SSSR count). The zero-order valence-electron chi connectivity index (χ0n) is 20.8. The number of carbonyl (C=O) groups is 4. The molecule has 186 valence electrons. The molecule has 35 heavy (non-hydrogen) atoms. The fourth-order valence-corrected chi connectivity index (χ4v) is 4.00. The Labute approximate surface area is 205 Å². The van der Waals surface area contributed by atoms with Crippen molar-refractivity contribution in [2.45, 2.75) is 58.0 Å². The van der Waals surface area contributed by atoms with Crippen molar-refractivity contribution < 1.29 is 28.7 Å². The standard InChI is InChI=1S/C27H32N2O6/c1-6-34-24(32)27(15-10-16-27)18-13-14-21(28-25(33)35-26(2,3)4)20(17-18)22(30)23(31)29(5)19-11-8-7-9-12-19/h7-9,11-14,17H,6,10,15-16H2,1-5H3,(H,28,33). The van der Waals surface area contributed by atoms with Crippen molar-refractivity contribution in [1.29, 1.82) is 0 Å². The number of amides is 2. The second-order valence-electron chi connectivity index (χ2n) is 9.57. The van der Waals surface area contributed by atoms with Crippen LogP contribution in [0.4, 0.5) is 16.2 Å². The predicted molar refractivity (Wildman–Crippen MR) is 133 cm³/mol. The minimum Gasteiger partial charge on any atom is -0.465 e. The third kappa shape index (κ3) is 5.70. The Bertz CT molecular complexity index is 1120. The van der Waals surface area contributed by atoms with E-state index in [1.54, 1.807) is 58.0 Å². The van der Waals surface area contributed by atoms with Gasteiger partial charge in [-0.3, -0.25) is 19.7 Å². The number of ketones is 1. The van der Waals surface area contributed by atoms with E-state index < -0.39 is 28.8 Å². The van der Waals surface area contributed by atoms with Gasteiger partial charge in [0.25, 0.3) is 11.7 Å². The normalized spacial score (nSPS) is 14.3. The molecule has 2 aromatic rings. The fourth-order valence-electron chi connectivity index (χ4n) is 4.00.